The summed E-state index contributed by atoms with van der Waals surface area (Å²) in [6.45, 7) is 7.23. The molecular formula is C22H30O2Si. The molecule has 0 unspecified atom stereocenters. The highest BCUT2D eigenvalue weighted by Crippen LogP contribution is 2.40. The Morgan fingerprint density at radius 1 is 0.920 bits per heavy atom. The van der Waals surface area contributed by atoms with Gasteiger partial charge in [-0.2, -0.15) is 0 Å². The van der Waals surface area contributed by atoms with Crippen LogP contribution in [0.4, 0.5) is 0 Å². The monoisotopic (exact) mass is 354 g/mol. The molecule has 0 heterocycles. The molecule has 1 fully saturated rings. The van der Waals surface area contributed by atoms with Gasteiger partial charge in [-0.1, -0.05) is 81.4 Å². The van der Waals surface area contributed by atoms with Gasteiger partial charge in [0, 0.05) is 12.7 Å². The molecule has 2 nitrogen and oxygen atoms in total. The van der Waals surface area contributed by atoms with Crippen molar-refractivity contribution < 1.29 is 9.53 Å². The Morgan fingerprint density at radius 2 is 1.44 bits per heavy atom. The number of aliphatic hydroxyl groups excluding tert-OH is 1. The van der Waals surface area contributed by atoms with Crippen LogP contribution in [0.25, 0.3) is 0 Å². The fourth-order valence-electron chi connectivity index (χ4n) is 4.24. The molecule has 0 saturated heterocycles. The van der Waals surface area contributed by atoms with Gasteiger partial charge in [0.05, 0.1) is 0 Å². The molecule has 0 aliphatic heterocycles. The maximum absolute atomic E-state index is 9.53. The van der Waals surface area contributed by atoms with Crippen molar-refractivity contribution in [3.8, 4) is 0 Å². The zero-order valence-electron chi connectivity index (χ0n) is 15.6. The van der Waals surface area contributed by atoms with E-state index in [-0.39, 0.29) is 17.7 Å². The van der Waals surface area contributed by atoms with Gasteiger partial charge in [0.25, 0.3) is 8.32 Å². The molecule has 1 saturated carbocycles. The highest BCUT2D eigenvalue weighted by atomic mass is 28.4. The summed E-state index contributed by atoms with van der Waals surface area (Å²) in [5, 5.41) is 12.2. The summed E-state index contributed by atoms with van der Waals surface area (Å²) < 4.78 is 7.10. The summed E-state index contributed by atoms with van der Waals surface area (Å²) in [6.07, 6.45) is 3.33. The van der Waals surface area contributed by atoms with Crippen molar-refractivity contribution in [3.63, 3.8) is 0 Å². The van der Waals surface area contributed by atoms with E-state index in [1.54, 1.807) is 0 Å². The van der Waals surface area contributed by atoms with Gasteiger partial charge in [0.15, 0.2) is 0 Å². The number of aliphatic hydroxyl groups is 1. The van der Waals surface area contributed by atoms with Crippen LogP contribution < -0.4 is 10.4 Å². The van der Waals surface area contributed by atoms with E-state index < -0.39 is 8.32 Å². The Hall–Kier alpha value is -1.42. The fraction of sp³-hybridized carbons (Fsp3) is 0.455. The molecule has 0 radical (unpaired) electrons. The summed E-state index contributed by atoms with van der Waals surface area (Å²) in [5.41, 5.74) is 0. The molecule has 134 valence electrons. The van der Waals surface area contributed by atoms with Gasteiger partial charge in [-0.05, 0) is 40.6 Å². The van der Waals surface area contributed by atoms with Crippen molar-refractivity contribution in [1.82, 2.24) is 0 Å². The van der Waals surface area contributed by atoms with Crippen LogP contribution in [-0.2, 0) is 4.43 Å². The van der Waals surface area contributed by atoms with Crippen molar-refractivity contribution in [3.05, 3.63) is 60.7 Å². The Bertz CT molecular complexity index is 624. The van der Waals surface area contributed by atoms with Crippen LogP contribution in [0.3, 0.4) is 0 Å². The van der Waals surface area contributed by atoms with Gasteiger partial charge in [0.2, 0.25) is 0 Å². The van der Waals surface area contributed by atoms with Gasteiger partial charge in [-0.25, -0.2) is 0 Å². The minimum Gasteiger partial charge on any atom is -0.404 e. The number of rotatable bonds is 5. The van der Waals surface area contributed by atoms with Gasteiger partial charge in [-0.15, -0.1) is 0 Å². The van der Waals surface area contributed by atoms with Crippen LogP contribution in [0.2, 0.25) is 5.04 Å². The second-order valence-corrected chi connectivity index (χ2v) is 12.5. The van der Waals surface area contributed by atoms with E-state index in [1.165, 1.54) is 10.4 Å². The van der Waals surface area contributed by atoms with E-state index in [9.17, 15) is 5.11 Å². The van der Waals surface area contributed by atoms with Crippen LogP contribution in [0, 0.1) is 5.92 Å². The quantitative estimate of drug-likeness (QED) is 0.829. The number of hydrogen-bond donors (Lipinski definition) is 1. The summed E-state index contributed by atoms with van der Waals surface area (Å²) in [5.74, 6) is 0.392. The predicted molar refractivity (Wildman–Crippen MR) is 107 cm³/mol. The van der Waals surface area contributed by atoms with Gasteiger partial charge in [0.1, 0.15) is 0 Å². The maximum Gasteiger partial charge on any atom is 0.261 e. The zero-order chi connectivity index (χ0) is 17.9. The third kappa shape index (κ3) is 3.59. The second-order valence-electron chi connectivity index (χ2n) is 8.26. The lowest BCUT2D eigenvalue weighted by atomic mass is 10.1. The van der Waals surface area contributed by atoms with Crippen LogP contribution in [0.15, 0.2) is 60.7 Å². The molecule has 1 aliphatic carbocycles. The molecule has 25 heavy (non-hydrogen) atoms. The van der Waals surface area contributed by atoms with E-state index >= 15 is 0 Å². The Labute approximate surface area is 153 Å². The minimum atomic E-state index is -2.44. The van der Waals surface area contributed by atoms with Crippen LogP contribution in [0.5, 0.6) is 0 Å². The van der Waals surface area contributed by atoms with E-state index in [4.69, 9.17) is 4.43 Å². The van der Waals surface area contributed by atoms with Crippen molar-refractivity contribution in [2.24, 2.45) is 5.92 Å². The van der Waals surface area contributed by atoms with E-state index in [0.29, 0.717) is 5.92 Å². The average Bonchev–Trinajstić information content (AvgIpc) is 3.08. The van der Waals surface area contributed by atoms with Gasteiger partial charge in [-0.3, -0.25) is 0 Å². The smallest absolute Gasteiger partial charge is 0.261 e. The lowest BCUT2D eigenvalue weighted by Crippen LogP contribution is -2.67. The minimum absolute atomic E-state index is 0.0208. The highest BCUT2D eigenvalue weighted by Gasteiger charge is 2.51. The topological polar surface area (TPSA) is 29.5 Å². The molecule has 0 amide bonds. The second kappa shape index (κ2) is 7.44. The molecule has 2 aromatic rings. The predicted octanol–water partition coefficient (Wildman–Crippen LogP) is 3.72. The first kappa shape index (κ1) is 18.4. The van der Waals surface area contributed by atoms with Gasteiger partial charge >= 0.3 is 0 Å². The largest absolute Gasteiger partial charge is 0.404 e. The van der Waals surface area contributed by atoms with Crippen molar-refractivity contribution >= 4 is 18.7 Å². The maximum atomic E-state index is 9.53. The zero-order valence-corrected chi connectivity index (χ0v) is 16.6. The van der Waals surface area contributed by atoms with E-state index in [2.05, 4.69) is 81.4 Å². The summed E-state index contributed by atoms with van der Waals surface area (Å²) in [6, 6.07) is 21.6. The molecule has 3 heteroatoms. The molecule has 1 N–H and O–H groups in total. The van der Waals surface area contributed by atoms with Crippen molar-refractivity contribution in [1.29, 1.82) is 0 Å². The van der Waals surface area contributed by atoms with Crippen molar-refractivity contribution in [2.45, 2.75) is 51.2 Å². The van der Waals surface area contributed by atoms with Crippen molar-refractivity contribution in [2.75, 3.05) is 6.61 Å². The van der Waals surface area contributed by atoms with Crippen LogP contribution in [0.1, 0.15) is 40.0 Å². The Kier molecular flexibility index (Phi) is 5.47. The molecule has 1 aliphatic rings. The summed E-state index contributed by atoms with van der Waals surface area (Å²) >= 11 is 0. The van der Waals surface area contributed by atoms with Gasteiger partial charge < -0.3 is 9.53 Å². The standard InChI is InChI=1S/C22H30O2Si/c1-22(2,3)25(20-10-6-4-7-11-20,21-12-8-5-9-13-21)24-19-15-14-18(16-19)17-23/h4-13,18-19,23H,14-17H2,1-3H3/t18-,19+/m1/s1. The number of benzene rings is 2. The summed E-state index contributed by atoms with van der Waals surface area (Å²) in [4.78, 5) is 0. The molecule has 2 atom stereocenters. The average molecular weight is 355 g/mol. The van der Waals surface area contributed by atoms with Crippen LogP contribution >= 0.6 is 0 Å². The normalized spacial score (nSPS) is 21.4. The lowest BCUT2D eigenvalue weighted by Gasteiger charge is -2.44. The first-order valence-electron chi connectivity index (χ1n) is 9.37. The number of hydrogen-bond acceptors (Lipinski definition) is 2. The molecular weight excluding hydrogens is 324 g/mol. The molecule has 3 rings (SSSR count). The highest BCUT2D eigenvalue weighted by molar-refractivity contribution is 6.99. The third-order valence-electron chi connectivity index (χ3n) is 5.51. The SMILES string of the molecule is CC(C)(C)[Si](O[C@H]1CC[C@@H](CO)C1)(c1ccccc1)c1ccccc1. The third-order valence-corrected chi connectivity index (χ3v) is 10.6. The molecule has 0 bridgehead atoms. The van der Waals surface area contributed by atoms with E-state index in [1.807, 2.05) is 0 Å². The molecule has 0 spiro atoms. The summed E-state index contributed by atoms with van der Waals surface area (Å²) in [7, 11) is -2.44. The first-order chi connectivity index (χ1) is 12.0. The first-order valence-corrected chi connectivity index (χ1v) is 11.3. The Morgan fingerprint density at radius 3 is 1.84 bits per heavy atom. The molecule has 0 aromatic heterocycles. The lowest BCUT2D eigenvalue weighted by molar-refractivity contribution is 0.173. The fourth-order valence-corrected chi connectivity index (χ4v) is 8.97. The van der Waals surface area contributed by atoms with Crippen LogP contribution in [-0.4, -0.2) is 26.1 Å². The van der Waals surface area contributed by atoms with E-state index in [0.717, 1.165) is 19.3 Å². The molecule has 2 aromatic carbocycles. The Balaban J connectivity index is 2.09.